The topological polar surface area (TPSA) is 0 Å². The summed E-state index contributed by atoms with van der Waals surface area (Å²) in [7, 11) is -3.93. The largest absolute Gasteiger partial charge is 0.223 e. The summed E-state index contributed by atoms with van der Waals surface area (Å²) in [6.07, 6.45) is 0. The molecule has 0 aromatic rings. The van der Waals surface area contributed by atoms with Crippen molar-refractivity contribution in [3.8, 4) is 0 Å². The van der Waals surface area contributed by atoms with E-state index in [1.54, 1.807) is 0 Å². The van der Waals surface area contributed by atoms with E-state index < -0.39 is 56.1 Å². The summed E-state index contributed by atoms with van der Waals surface area (Å²) in [5, 5.41) is 0. The zero-order valence-corrected chi connectivity index (χ0v) is 29.2. The molecule has 1 heterocycles. The first-order chi connectivity index (χ1) is 10.5. The molecule has 1 aliphatic heterocycles. The van der Waals surface area contributed by atoms with Gasteiger partial charge in [-0.15, -0.1) is 0 Å². The van der Waals surface area contributed by atoms with Crippen LogP contribution >= 0.6 is 10.7 Å². The molecule has 0 aliphatic carbocycles. The lowest BCUT2D eigenvalue weighted by Gasteiger charge is -2.57. The Hall–Kier alpha value is 2.09. The van der Waals surface area contributed by atoms with Gasteiger partial charge in [0.25, 0.3) is 0 Å². The first kappa shape index (κ1) is 25.1. The van der Waals surface area contributed by atoms with Crippen molar-refractivity contribution in [3.63, 3.8) is 0 Å². The van der Waals surface area contributed by atoms with Crippen LogP contribution in [0.2, 0.25) is 105 Å². The third-order valence-electron chi connectivity index (χ3n) is 7.85. The second-order valence-corrected chi connectivity index (χ2v) is 112. The van der Waals surface area contributed by atoms with Gasteiger partial charge in [-0.05, 0) is 0 Å². The minimum Gasteiger partial charge on any atom is -0.223 e. The summed E-state index contributed by atoms with van der Waals surface area (Å²) in [6, 6.07) is 0. The van der Waals surface area contributed by atoms with Gasteiger partial charge in [-0.25, -0.2) is 10.7 Å². The quantitative estimate of drug-likeness (QED) is 0.379. The smallest absolute Gasteiger partial charge is 0.0844 e. The number of hydrogen-bond donors (Lipinski definition) is 0. The molecule has 0 saturated carbocycles. The zero-order chi connectivity index (χ0) is 20.7. The van der Waals surface area contributed by atoms with Crippen molar-refractivity contribution in [1.29, 1.82) is 0 Å². The van der Waals surface area contributed by atoms with E-state index in [9.17, 15) is 0 Å². The predicted molar refractivity (Wildman–Crippen MR) is 147 cm³/mol. The summed E-state index contributed by atoms with van der Waals surface area (Å²) in [4.78, 5) is 0. The first-order valence-corrected chi connectivity index (χ1v) is 43.4. The SMILES string of the molecule is C[Si](C)(C)[Si]1([Si](C)(C)C)S[Si]([Si](C)(C)C)([Si](C)(C)C)[Si](C)(C)[Si]1(C)C. The van der Waals surface area contributed by atoms with Gasteiger partial charge in [0.05, 0.1) is 11.6 Å². The molecule has 0 nitrogen and oxygen atoms in total. The fourth-order valence-corrected chi connectivity index (χ4v) is 437. The van der Waals surface area contributed by atoms with Crippen LogP contribution in [0.1, 0.15) is 0 Å². The Balaban J connectivity index is 4.12. The summed E-state index contributed by atoms with van der Waals surface area (Å²) in [5.74, 6) is -2.45. The Morgan fingerprint density at radius 3 is 0.640 bits per heavy atom. The minimum atomic E-state index is -1.23. The van der Waals surface area contributed by atoms with E-state index in [1.807, 2.05) is 0 Å². The summed E-state index contributed by atoms with van der Waals surface area (Å²) in [5.41, 5.74) is 0. The molecule has 25 heavy (non-hydrogen) atoms. The Kier molecular flexibility index (Phi) is 6.32. The third-order valence-corrected chi connectivity index (χ3v) is 233. The van der Waals surface area contributed by atoms with Gasteiger partial charge in [0.1, 0.15) is 0 Å². The van der Waals surface area contributed by atoms with Crippen molar-refractivity contribution in [2.45, 2.75) is 105 Å². The minimum absolute atomic E-state index is 1.14. The summed E-state index contributed by atoms with van der Waals surface area (Å²) >= 11 is 0. The lowest BCUT2D eigenvalue weighted by atomic mass is 11.8. The van der Waals surface area contributed by atoms with E-state index in [0.29, 0.717) is 0 Å². The average Bonchev–Trinajstić information content (AvgIpc) is 2.36. The van der Waals surface area contributed by atoms with Gasteiger partial charge in [0, 0.05) is 44.6 Å². The molecule has 1 rings (SSSR count). The zero-order valence-electron chi connectivity index (χ0n) is 20.4. The predicted octanol–water partition coefficient (Wildman–Crippen LogP) is 6.94. The normalized spacial score (nSPS) is 25.9. The van der Waals surface area contributed by atoms with Crippen molar-refractivity contribution < 1.29 is 0 Å². The van der Waals surface area contributed by atoms with Gasteiger partial charge in [-0.1, -0.05) is 105 Å². The van der Waals surface area contributed by atoms with Crippen molar-refractivity contribution in [3.05, 3.63) is 0 Å². The maximum Gasteiger partial charge on any atom is 0.0844 e. The van der Waals surface area contributed by atoms with Crippen molar-refractivity contribution in [2.24, 2.45) is 0 Å². The lowest BCUT2D eigenvalue weighted by Crippen LogP contribution is -2.87. The molecule has 0 spiro atoms. The summed E-state index contributed by atoms with van der Waals surface area (Å²) < 4.78 is 0. The average molecular weight is 497 g/mol. The fraction of sp³-hybridized carbons (Fsp3) is 1.00. The van der Waals surface area contributed by atoms with Crippen LogP contribution in [0, 0.1) is 0 Å². The highest BCUT2D eigenvalue weighted by molar-refractivity contribution is 8.80. The van der Waals surface area contributed by atoms with Gasteiger partial charge in [0.2, 0.25) is 0 Å². The van der Waals surface area contributed by atoms with Crippen LogP contribution in [-0.2, 0) is 0 Å². The van der Waals surface area contributed by atoms with E-state index in [4.69, 9.17) is 0 Å². The van der Waals surface area contributed by atoms with Crippen LogP contribution in [-0.4, -0.2) is 56.1 Å². The van der Waals surface area contributed by atoms with E-state index in [0.717, 1.165) is 0 Å². The molecule has 150 valence electrons. The number of hydrogen-bond acceptors (Lipinski definition) is 1. The number of rotatable bonds is 4. The highest BCUT2D eigenvalue weighted by Gasteiger charge is 2.83. The summed E-state index contributed by atoms with van der Waals surface area (Å²) in [6.45, 7) is 45.8. The highest BCUT2D eigenvalue weighted by atomic mass is 32.6. The maximum absolute atomic E-state index is 3.00. The second-order valence-electron chi connectivity index (χ2n) is 13.7. The van der Waals surface area contributed by atoms with Crippen LogP contribution in [0.5, 0.6) is 0 Å². The molecule has 1 fully saturated rings. The Morgan fingerprint density at radius 1 is 0.400 bits per heavy atom. The van der Waals surface area contributed by atoms with Crippen molar-refractivity contribution in [1.82, 2.24) is 0 Å². The molecule has 0 aromatic carbocycles. The van der Waals surface area contributed by atoms with Gasteiger partial charge in [0.15, 0.2) is 0 Å². The van der Waals surface area contributed by atoms with Crippen LogP contribution in [0.4, 0.5) is 0 Å². The highest BCUT2D eigenvalue weighted by Crippen LogP contribution is 2.64. The third kappa shape index (κ3) is 2.99. The lowest BCUT2D eigenvalue weighted by molar-refractivity contribution is 1.77. The molecule has 9 heteroatoms. The molecular weight excluding hydrogens is 449 g/mol. The van der Waals surface area contributed by atoms with Gasteiger partial charge >= 0.3 is 0 Å². The van der Waals surface area contributed by atoms with Crippen LogP contribution < -0.4 is 0 Å². The molecule has 0 bridgehead atoms. The van der Waals surface area contributed by atoms with Gasteiger partial charge in [-0.3, -0.25) is 0 Å². The second kappa shape index (κ2) is 6.29. The van der Waals surface area contributed by atoms with E-state index in [-0.39, 0.29) is 0 Å². The van der Waals surface area contributed by atoms with E-state index >= 15 is 0 Å². The maximum atomic E-state index is 3.00. The monoisotopic (exact) mass is 496 g/mol. The Labute approximate surface area is 170 Å². The molecule has 0 radical (unpaired) electrons. The van der Waals surface area contributed by atoms with Crippen molar-refractivity contribution in [2.75, 3.05) is 0 Å². The molecule has 0 amide bonds. The van der Waals surface area contributed by atoms with Gasteiger partial charge < -0.3 is 0 Å². The van der Waals surface area contributed by atoms with E-state index in [1.165, 1.54) is 0 Å². The fourth-order valence-electron chi connectivity index (χ4n) is 7.98. The van der Waals surface area contributed by atoms with Gasteiger partial charge in [-0.2, -0.15) is 0 Å². The molecule has 1 aliphatic rings. The van der Waals surface area contributed by atoms with Crippen molar-refractivity contribution >= 4 is 66.8 Å². The Bertz CT molecular complexity index is 452. The van der Waals surface area contributed by atoms with Crippen LogP contribution in [0.3, 0.4) is 0 Å². The molecule has 0 N–H and O–H groups in total. The molecule has 0 atom stereocenters. The molecule has 0 aromatic heterocycles. The van der Waals surface area contributed by atoms with Crippen LogP contribution in [0.15, 0.2) is 0 Å². The molecule has 0 unspecified atom stereocenters. The van der Waals surface area contributed by atoms with Crippen LogP contribution in [0.25, 0.3) is 0 Å². The molecule has 1 saturated heterocycles. The Morgan fingerprint density at radius 2 is 0.560 bits per heavy atom. The van der Waals surface area contributed by atoms with E-state index in [2.05, 4.69) is 115 Å². The standard InChI is InChI=1S/C16H48SSi8/c1-18(2,3)24(19(4,5)6)17-25(20(7,8)9,21(10,11)12)23(15,16)22(24,13)14/h1-16H3. The first-order valence-electron chi connectivity index (χ1n) is 10.2. The molecular formula is C16H48SSi8.